The maximum absolute atomic E-state index is 11.5. The summed E-state index contributed by atoms with van der Waals surface area (Å²) < 4.78 is 0. The second-order valence-electron chi connectivity index (χ2n) is 4.24. The van der Waals surface area contributed by atoms with Crippen molar-refractivity contribution in [3.05, 3.63) is 0 Å². The minimum absolute atomic E-state index is 0.0417. The van der Waals surface area contributed by atoms with E-state index in [4.69, 9.17) is 0 Å². The van der Waals surface area contributed by atoms with Gasteiger partial charge in [-0.05, 0) is 6.42 Å². The summed E-state index contributed by atoms with van der Waals surface area (Å²) in [6.07, 6.45) is 1.34. The molecule has 2 aliphatic rings. The summed E-state index contributed by atoms with van der Waals surface area (Å²) in [5, 5.41) is 0. The number of Topliss-reactive ketones (excluding diaryl/α,β-unsaturated/α-hetero) is 2. The van der Waals surface area contributed by atoms with Gasteiger partial charge >= 0.3 is 0 Å². The van der Waals surface area contributed by atoms with Crippen molar-refractivity contribution in [3.63, 3.8) is 0 Å². The molecule has 2 atom stereocenters. The van der Waals surface area contributed by atoms with Crippen LogP contribution in [-0.4, -0.2) is 11.6 Å². The molecule has 2 bridgehead atoms. The fourth-order valence-electron chi connectivity index (χ4n) is 2.48. The van der Waals surface area contributed by atoms with Gasteiger partial charge in [-0.2, -0.15) is 0 Å². The van der Waals surface area contributed by atoms with Gasteiger partial charge in [-0.1, -0.05) is 13.8 Å². The highest BCUT2D eigenvalue weighted by Crippen LogP contribution is 2.50. The van der Waals surface area contributed by atoms with Crippen LogP contribution in [0.5, 0.6) is 0 Å². The van der Waals surface area contributed by atoms with Gasteiger partial charge < -0.3 is 0 Å². The Morgan fingerprint density at radius 3 is 2.36 bits per heavy atom. The predicted molar refractivity (Wildman–Crippen MR) is 40.0 cm³/mol. The average Bonchev–Trinajstić information content (AvgIpc) is 2.35. The molecule has 2 aliphatic carbocycles. The maximum atomic E-state index is 11.5. The molecule has 11 heavy (non-hydrogen) atoms. The Bertz CT molecular complexity index is 240. The Kier molecular flexibility index (Phi) is 1.11. The van der Waals surface area contributed by atoms with Crippen molar-refractivity contribution >= 4 is 11.6 Å². The molecule has 0 unspecified atom stereocenters. The van der Waals surface area contributed by atoms with Crippen molar-refractivity contribution in [2.45, 2.75) is 26.7 Å². The van der Waals surface area contributed by atoms with E-state index in [1.165, 1.54) is 0 Å². The lowest BCUT2D eigenvalue weighted by molar-refractivity contribution is -0.138. The van der Waals surface area contributed by atoms with Crippen LogP contribution in [-0.2, 0) is 9.59 Å². The van der Waals surface area contributed by atoms with Crippen molar-refractivity contribution in [1.82, 2.24) is 0 Å². The van der Waals surface area contributed by atoms with E-state index in [0.29, 0.717) is 18.0 Å². The van der Waals surface area contributed by atoms with Gasteiger partial charge in [0.1, 0.15) is 11.6 Å². The van der Waals surface area contributed by atoms with Gasteiger partial charge in [-0.3, -0.25) is 9.59 Å². The van der Waals surface area contributed by atoms with Gasteiger partial charge in [0, 0.05) is 23.7 Å². The van der Waals surface area contributed by atoms with Crippen molar-refractivity contribution in [2.75, 3.05) is 0 Å². The number of ketones is 2. The zero-order valence-corrected chi connectivity index (χ0v) is 6.89. The van der Waals surface area contributed by atoms with E-state index in [9.17, 15) is 9.59 Å². The SMILES string of the molecule is CC1(C)C(=O)[C@@H]2CC(=O)[C@H]1C2. The van der Waals surface area contributed by atoms with Gasteiger partial charge in [-0.15, -0.1) is 0 Å². The van der Waals surface area contributed by atoms with Gasteiger partial charge in [-0.25, -0.2) is 0 Å². The van der Waals surface area contributed by atoms with Crippen molar-refractivity contribution in [3.8, 4) is 0 Å². The highest BCUT2D eigenvalue weighted by atomic mass is 16.1. The third-order valence-corrected chi connectivity index (χ3v) is 3.23. The Labute approximate surface area is 66.0 Å². The summed E-state index contributed by atoms with van der Waals surface area (Å²) in [6, 6.07) is 0. The monoisotopic (exact) mass is 152 g/mol. The van der Waals surface area contributed by atoms with Crippen molar-refractivity contribution < 1.29 is 9.59 Å². The topological polar surface area (TPSA) is 34.1 Å². The largest absolute Gasteiger partial charge is 0.299 e. The van der Waals surface area contributed by atoms with Crippen LogP contribution in [0, 0.1) is 17.3 Å². The van der Waals surface area contributed by atoms with Crippen LogP contribution in [0.4, 0.5) is 0 Å². The van der Waals surface area contributed by atoms with Gasteiger partial charge in [0.2, 0.25) is 0 Å². The molecule has 0 aromatic heterocycles. The fourth-order valence-corrected chi connectivity index (χ4v) is 2.48. The second kappa shape index (κ2) is 1.74. The third-order valence-electron chi connectivity index (χ3n) is 3.23. The highest BCUT2D eigenvalue weighted by molar-refractivity contribution is 6.03. The first-order valence-electron chi connectivity index (χ1n) is 4.10. The number of carbonyl (C=O) groups excluding carboxylic acids is 2. The van der Waals surface area contributed by atoms with Gasteiger partial charge in [0.05, 0.1) is 0 Å². The van der Waals surface area contributed by atoms with Crippen LogP contribution >= 0.6 is 0 Å². The molecule has 0 N–H and O–H groups in total. The number of carbonyl (C=O) groups is 2. The molecule has 0 radical (unpaired) electrons. The molecular weight excluding hydrogens is 140 g/mol. The number of hydrogen-bond donors (Lipinski definition) is 0. The molecule has 0 heterocycles. The van der Waals surface area contributed by atoms with Gasteiger partial charge in [0.15, 0.2) is 0 Å². The van der Waals surface area contributed by atoms with E-state index >= 15 is 0 Å². The van der Waals surface area contributed by atoms with Crippen molar-refractivity contribution in [1.29, 1.82) is 0 Å². The normalized spacial score (nSPS) is 40.2. The first-order valence-corrected chi connectivity index (χ1v) is 4.10. The summed E-state index contributed by atoms with van der Waals surface area (Å²) in [7, 11) is 0. The number of fused-ring (bicyclic) bond motifs is 2. The highest BCUT2D eigenvalue weighted by Gasteiger charge is 2.56. The summed E-state index contributed by atoms with van der Waals surface area (Å²) in [5.74, 6) is 0.726. The summed E-state index contributed by atoms with van der Waals surface area (Å²) >= 11 is 0. The molecule has 0 amide bonds. The average molecular weight is 152 g/mol. The molecular formula is C9H12O2. The van der Waals surface area contributed by atoms with Crippen LogP contribution in [0.2, 0.25) is 0 Å². The minimum Gasteiger partial charge on any atom is -0.299 e. The quantitative estimate of drug-likeness (QED) is 0.522. The number of rotatable bonds is 0. The molecule has 0 aromatic rings. The van der Waals surface area contributed by atoms with Crippen LogP contribution < -0.4 is 0 Å². The first kappa shape index (κ1) is 7.01. The van der Waals surface area contributed by atoms with E-state index in [0.717, 1.165) is 6.42 Å². The lowest BCUT2D eigenvalue weighted by Crippen LogP contribution is -2.35. The lowest BCUT2D eigenvalue weighted by Gasteiger charge is -2.26. The maximum Gasteiger partial charge on any atom is 0.142 e. The molecule has 0 saturated heterocycles. The Morgan fingerprint density at radius 1 is 1.36 bits per heavy atom. The van der Waals surface area contributed by atoms with Crippen LogP contribution in [0.25, 0.3) is 0 Å². The van der Waals surface area contributed by atoms with Crippen LogP contribution in [0.1, 0.15) is 26.7 Å². The Hall–Kier alpha value is -0.660. The Balaban J connectivity index is 2.41. The molecule has 60 valence electrons. The summed E-state index contributed by atoms with van der Waals surface area (Å²) in [4.78, 5) is 22.7. The minimum atomic E-state index is -0.347. The molecule has 0 aromatic carbocycles. The van der Waals surface area contributed by atoms with E-state index in [2.05, 4.69) is 0 Å². The molecule has 2 nitrogen and oxygen atoms in total. The third kappa shape index (κ3) is 0.673. The molecule has 0 aliphatic heterocycles. The molecule has 2 saturated carbocycles. The fraction of sp³-hybridized carbons (Fsp3) is 0.778. The lowest BCUT2D eigenvalue weighted by atomic mass is 9.75. The van der Waals surface area contributed by atoms with Crippen LogP contribution in [0.15, 0.2) is 0 Å². The molecule has 2 rings (SSSR count). The number of hydrogen-bond acceptors (Lipinski definition) is 2. The Morgan fingerprint density at radius 2 is 2.00 bits per heavy atom. The first-order chi connectivity index (χ1) is 5.03. The predicted octanol–water partition coefficient (Wildman–Crippen LogP) is 1.19. The van der Waals surface area contributed by atoms with E-state index in [1.54, 1.807) is 0 Å². The van der Waals surface area contributed by atoms with E-state index in [1.807, 2.05) is 13.8 Å². The van der Waals surface area contributed by atoms with E-state index in [-0.39, 0.29) is 17.3 Å². The standard InChI is InChI=1S/C9H12O2/c1-9(2)6-3-5(8(9)11)4-7(6)10/h5-6H,3-4H2,1-2H3/t5-,6+/m0/s1. The van der Waals surface area contributed by atoms with E-state index < -0.39 is 0 Å². The summed E-state index contributed by atoms with van der Waals surface area (Å²) in [6.45, 7) is 3.80. The molecule has 2 heteroatoms. The second-order valence-corrected chi connectivity index (χ2v) is 4.24. The van der Waals surface area contributed by atoms with Crippen LogP contribution in [0.3, 0.4) is 0 Å². The smallest absolute Gasteiger partial charge is 0.142 e. The zero-order chi connectivity index (χ0) is 8.22. The zero-order valence-electron chi connectivity index (χ0n) is 6.89. The summed E-state index contributed by atoms with van der Waals surface area (Å²) in [5.41, 5.74) is -0.347. The van der Waals surface area contributed by atoms with Crippen molar-refractivity contribution in [2.24, 2.45) is 17.3 Å². The molecule has 0 spiro atoms. The molecule has 2 fully saturated rings. The van der Waals surface area contributed by atoms with Gasteiger partial charge in [0.25, 0.3) is 0 Å².